The fourth-order valence-electron chi connectivity index (χ4n) is 2.72. The van der Waals surface area contributed by atoms with Gasteiger partial charge in [-0.1, -0.05) is 6.92 Å². The third-order valence-corrected chi connectivity index (χ3v) is 4.42. The zero-order chi connectivity index (χ0) is 15.9. The van der Waals surface area contributed by atoms with Gasteiger partial charge in [-0.3, -0.25) is 4.79 Å². The molecular weight excluding hydrogens is 287 g/mol. The number of fused-ring (bicyclic) bond motifs is 1. The highest BCUT2D eigenvalue weighted by atomic mass is 19.1. The van der Waals surface area contributed by atoms with Crippen LogP contribution < -0.4 is 11.2 Å². The van der Waals surface area contributed by atoms with Crippen molar-refractivity contribution < 1.29 is 8.81 Å². The van der Waals surface area contributed by atoms with E-state index in [0.717, 1.165) is 12.8 Å². The van der Waals surface area contributed by atoms with Crippen LogP contribution in [0.15, 0.2) is 20.1 Å². The maximum Gasteiger partial charge on any atom is 0.337 e. The molecule has 118 valence electrons. The van der Waals surface area contributed by atoms with Gasteiger partial charge in [0.05, 0.1) is 0 Å². The summed E-state index contributed by atoms with van der Waals surface area (Å²) in [6.07, 6.45) is 3.64. The van der Waals surface area contributed by atoms with Gasteiger partial charge in [-0.15, -0.1) is 0 Å². The molecule has 2 aromatic heterocycles. The second kappa shape index (κ2) is 5.34. The first-order chi connectivity index (χ1) is 10.4. The van der Waals surface area contributed by atoms with Gasteiger partial charge in [0.25, 0.3) is 5.56 Å². The fourth-order valence-corrected chi connectivity index (χ4v) is 2.72. The van der Waals surface area contributed by atoms with Crippen LogP contribution in [-0.4, -0.2) is 9.97 Å². The van der Waals surface area contributed by atoms with Crippen molar-refractivity contribution in [2.24, 2.45) is 5.41 Å². The maximum absolute atomic E-state index is 13.3. The van der Waals surface area contributed by atoms with Crippen molar-refractivity contribution in [1.82, 2.24) is 9.97 Å². The molecule has 1 saturated carbocycles. The van der Waals surface area contributed by atoms with Crippen LogP contribution in [0.1, 0.15) is 57.1 Å². The standard InChI is InChI=1S/C16H19FN2O3/c1-9(17)13-18-14(21)12-10(4-3-5-16(2)6-7-16)8-11(20)22-15(12)19-13/h8-9H,3-7H2,1-2H3,(H,18,19,21). The van der Waals surface area contributed by atoms with Gasteiger partial charge in [0.2, 0.25) is 5.71 Å². The summed E-state index contributed by atoms with van der Waals surface area (Å²) < 4.78 is 18.3. The molecule has 1 aliphatic carbocycles. The molecule has 0 spiro atoms. The van der Waals surface area contributed by atoms with Crippen molar-refractivity contribution in [1.29, 1.82) is 0 Å². The molecule has 2 heterocycles. The van der Waals surface area contributed by atoms with Crippen LogP contribution in [0.3, 0.4) is 0 Å². The monoisotopic (exact) mass is 306 g/mol. The van der Waals surface area contributed by atoms with Crippen LogP contribution in [-0.2, 0) is 6.42 Å². The second-order valence-corrected chi connectivity index (χ2v) is 6.50. The minimum atomic E-state index is -1.43. The van der Waals surface area contributed by atoms with E-state index in [1.165, 1.54) is 25.8 Å². The Bertz CT molecular complexity index is 818. The van der Waals surface area contributed by atoms with Gasteiger partial charge in [0, 0.05) is 6.07 Å². The van der Waals surface area contributed by atoms with Crippen LogP contribution in [0.5, 0.6) is 0 Å². The number of aryl methyl sites for hydroxylation is 1. The molecule has 2 aromatic rings. The Balaban J connectivity index is 1.98. The Morgan fingerprint density at radius 1 is 1.45 bits per heavy atom. The molecule has 1 unspecified atom stereocenters. The summed E-state index contributed by atoms with van der Waals surface area (Å²) in [7, 11) is 0. The van der Waals surface area contributed by atoms with E-state index in [1.807, 2.05) is 0 Å². The van der Waals surface area contributed by atoms with Crippen molar-refractivity contribution in [3.63, 3.8) is 0 Å². The van der Waals surface area contributed by atoms with Crippen molar-refractivity contribution in [3.8, 4) is 0 Å². The average molecular weight is 306 g/mol. The Hall–Kier alpha value is -1.98. The summed E-state index contributed by atoms with van der Waals surface area (Å²) in [6, 6.07) is 1.34. The van der Waals surface area contributed by atoms with Gasteiger partial charge in [-0.25, -0.2) is 9.18 Å². The number of alkyl halides is 1. The molecule has 0 aromatic carbocycles. The fraction of sp³-hybridized carbons (Fsp3) is 0.562. The Labute approximate surface area is 126 Å². The SMILES string of the molecule is CC(F)c1nc2oc(=O)cc(CCCC3(C)CC3)c2c(=O)[nH]1. The van der Waals surface area contributed by atoms with E-state index >= 15 is 0 Å². The number of H-pyrrole nitrogens is 1. The smallest absolute Gasteiger partial charge is 0.337 e. The zero-order valence-electron chi connectivity index (χ0n) is 12.7. The summed E-state index contributed by atoms with van der Waals surface area (Å²) >= 11 is 0. The molecule has 6 heteroatoms. The van der Waals surface area contributed by atoms with Gasteiger partial charge in [-0.2, -0.15) is 4.98 Å². The van der Waals surface area contributed by atoms with Crippen LogP contribution in [0.25, 0.3) is 11.1 Å². The lowest BCUT2D eigenvalue weighted by molar-refractivity contribution is 0.355. The first kappa shape index (κ1) is 14.9. The van der Waals surface area contributed by atoms with Gasteiger partial charge in [-0.05, 0) is 50.0 Å². The minimum absolute atomic E-state index is 0.0802. The number of rotatable bonds is 5. The summed E-state index contributed by atoms with van der Waals surface area (Å²) in [6.45, 7) is 3.51. The van der Waals surface area contributed by atoms with Crippen molar-refractivity contribution in [2.45, 2.75) is 52.1 Å². The first-order valence-corrected chi connectivity index (χ1v) is 7.59. The van der Waals surface area contributed by atoms with Crippen LogP contribution in [0.2, 0.25) is 0 Å². The molecule has 1 fully saturated rings. The van der Waals surface area contributed by atoms with Crippen LogP contribution >= 0.6 is 0 Å². The molecule has 1 N–H and O–H groups in total. The van der Waals surface area contributed by atoms with Crippen molar-refractivity contribution in [2.75, 3.05) is 0 Å². The van der Waals surface area contributed by atoms with Gasteiger partial charge < -0.3 is 9.40 Å². The first-order valence-electron chi connectivity index (χ1n) is 7.59. The maximum atomic E-state index is 13.3. The number of nitrogens with one attached hydrogen (secondary N) is 1. The molecule has 0 amide bonds. The molecule has 1 atom stereocenters. The Kier molecular flexibility index (Phi) is 3.62. The number of hydrogen-bond donors (Lipinski definition) is 1. The summed E-state index contributed by atoms with van der Waals surface area (Å²) in [5.74, 6) is -0.122. The number of hydrogen-bond acceptors (Lipinski definition) is 4. The summed E-state index contributed by atoms with van der Waals surface area (Å²) in [5.41, 5.74) is -0.0428. The predicted molar refractivity (Wildman–Crippen MR) is 80.7 cm³/mol. The quantitative estimate of drug-likeness (QED) is 0.921. The highest BCUT2D eigenvalue weighted by Gasteiger charge is 2.36. The van der Waals surface area contributed by atoms with Crippen LogP contribution in [0, 0.1) is 5.41 Å². The lowest BCUT2D eigenvalue weighted by Crippen LogP contribution is -2.16. The van der Waals surface area contributed by atoms with E-state index in [9.17, 15) is 14.0 Å². The largest absolute Gasteiger partial charge is 0.403 e. The van der Waals surface area contributed by atoms with E-state index < -0.39 is 17.4 Å². The molecule has 0 radical (unpaired) electrons. The third kappa shape index (κ3) is 2.96. The molecule has 5 nitrogen and oxygen atoms in total. The van der Waals surface area contributed by atoms with E-state index in [4.69, 9.17) is 4.42 Å². The number of nitrogens with zero attached hydrogens (tertiary/aromatic N) is 1. The number of aromatic amines is 1. The predicted octanol–water partition coefficient (Wildman–Crippen LogP) is 3.03. The van der Waals surface area contributed by atoms with E-state index in [1.54, 1.807) is 0 Å². The third-order valence-electron chi connectivity index (χ3n) is 4.42. The van der Waals surface area contributed by atoms with Gasteiger partial charge in [0.15, 0.2) is 6.17 Å². The Morgan fingerprint density at radius 2 is 2.18 bits per heavy atom. The van der Waals surface area contributed by atoms with E-state index in [2.05, 4.69) is 16.9 Å². The highest BCUT2D eigenvalue weighted by molar-refractivity contribution is 5.75. The van der Waals surface area contributed by atoms with Gasteiger partial charge in [0.1, 0.15) is 11.2 Å². The molecule has 0 aliphatic heterocycles. The molecule has 3 rings (SSSR count). The lowest BCUT2D eigenvalue weighted by atomic mass is 9.98. The topological polar surface area (TPSA) is 76.0 Å². The lowest BCUT2D eigenvalue weighted by Gasteiger charge is -2.09. The normalized spacial score (nSPS) is 17.6. The summed E-state index contributed by atoms with van der Waals surface area (Å²) in [4.78, 5) is 30.2. The molecule has 0 saturated heterocycles. The number of aromatic nitrogens is 2. The highest BCUT2D eigenvalue weighted by Crippen LogP contribution is 2.49. The van der Waals surface area contributed by atoms with Crippen LogP contribution in [0.4, 0.5) is 4.39 Å². The second-order valence-electron chi connectivity index (χ2n) is 6.50. The van der Waals surface area contributed by atoms with Crippen molar-refractivity contribution >= 4 is 11.1 Å². The van der Waals surface area contributed by atoms with Gasteiger partial charge >= 0.3 is 5.63 Å². The molecular formula is C16H19FN2O3. The van der Waals surface area contributed by atoms with E-state index in [0.29, 0.717) is 17.4 Å². The summed E-state index contributed by atoms with van der Waals surface area (Å²) in [5, 5.41) is 0.255. The molecule has 22 heavy (non-hydrogen) atoms. The number of halogens is 1. The average Bonchev–Trinajstić information content (AvgIpc) is 3.15. The molecule has 0 bridgehead atoms. The zero-order valence-corrected chi connectivity index (χ0v) is 12.7. The molecule has 1 aliphatic rings. The minimum Gasteiger partial charge on any atom is -0.403 e. The van der Waals surface area contributed by atoms with Crippen molar-refractivity contribution in [3.05, 3.63) is 38.2 Å². The Morgan fingerprint density at radius 3 is 2.82 bits per heavy atom. The van der Waals surface area contributed by atoms with E-state index in [-0.39, 0.29) is 16.9 Å².